The minimum Gasteiger partial charge on any atom is -0.465 e. The van der Waals surface area contributed by atoms with Gasteiger partial charge >= 0.3 is 5.97 Å². The van der Waals surface area contributed by atoms with Gasteiger partial charge in [0.25, 0.3) is 0 Å². The lowest BCUT2D eigenvalue weighted by Gasteiger charge is -2.12. The molecule has 1 unspecified atom stereocenters. The molecule has 0 heterocycles. The van der Waals surface area contributed by atoms with Gasteiger partial charge in [-0.25, -0.2) is 4.79 Å². The minimum atomic E-state index is -0.361. The van der Waals surface area contributed by atoms with Crippen LogP contribution in [0.3, 0.4) is 0 Å². The van der Waals surface area contributed by atoms with Crippen LogP contribution < -0.4 is 10.6 Å². The molecule has 0 aliphatic carbocycles. The monoisotopic (exact) mass is 278 g/mol. The summed E-state index contributed by atoms with van der Waals surface area (Å²) in [6.45, 7) is 5.87. The number of esters is 1. The van der Waals surface area contributed by atoms with Crippen molar-refractivity contribution in [1.29, 1.82) is 0 Å². The number of ether oxygens (including phenoxy) is 1. The number of hydrogen-bond donors (Lipinski definition) is 2. The summed E-state index contributed by atoms with van der Waals surface area (Å²) in [6.07, 6.45) is 0. The van der Waals surface area contributed by atoms with Crippen molar-refractivity contribution >= 4 is 11.9 Å². The first-order chi connectivity index (χ1) is 9.58. The van der Waals surface area contributed by atoms with Crippen LogP contribution in [0, 0.1) is 5.92 Å². The van der Waals surface area contributed by atoms with E-state index in [4.69, 9.17) is 0 Å². The molecule has 5 nitrogen and oxygen atoms in total. The van der Waals surface area contributed by atoms with Crippen molar-refractivity contribution in [2.45, 2.75) is 20.4 Å². The third-order valence-corrected chi connectivity index (χ3v) is 2.99. The zero-order chi connectivity index (χ0) is 15.0. The lowest BCUT2D eigenvalue weighted by Crippen LogP contribution is -2.34. The molecule has 0 aliphatic heterocycles. The molecular formula is C15H22N2O3. The van der Waals surface area contributed by atoms with E-state index in [9.17, 15) is 9.59 Å². The van der Waals surface area contributed by atoms with Crippen LogP contribution in [0.1, 0.15) is 29.8 Å². The molecule has 20 heavy (non-hydrogen) atoms. The van der Waals surface area contributed by atoms with E-state index in [-0.39, 0.29) is 17.8 Å². The number of hydrogen-bond acceptors (Lipinski definition) is 4. The molecule has 5 heteroatoms. The van der Waals surface area contributed by atoms with Crippen LogP contribution in [0.2, 0.25) is 0 Å². The van der Waals surface area contributed by atoms with Crippen molar-refractivity contribution in [3.63, 3.8) is 0 Å². The molecule has 0 spiro atoms. The Balaban J connectivity index is 2.45. The summed E-state index contributed by atoms with van der Waals surface area (Å²) in [5.74, 6) is -0.410. The maximum Gasteiger partial charge on any atom is 0.337 e. The first kappa shape index (κ1) is 16.2. The summed E-state index contributed by atoms with van der Waals surface area (Å²) < 4.78 is 4.63. The zero-order valence-corrected chi connectivity index (χ0v) is 12.2. The van der Waals surface area contributed by atoms with Gasteiger partial charge in [0.05, 0.1) is 12.7 Å². The largest absolute Gasteiger partial charge is 0.465 e. The molecule has 0 fully saturated rings. The highest BCUT2D eigenvalue weighted by atomic mass is 16.5. The molecule has 1 amide bonds. The molecule has 1 rings (SSSR count). The smallest absolute Gasteiger partial charge is 0.337 e. The van der Waals surface area contributed by atoms with E-state index in [1.807, 2.05) is 26.0 Å². The minimum absolute atomic E-state index is 0.0167. The number of carbonyl (C=O) groups excluding carboxylic acids is 2. The Bertz CT molecular complexity index is 443. The molecule has 1 atom stereocenters. The summed E-state index contributed by atoms with van der Waals surface area (Å²) >= 11 is 0. The van der Waals surface area contributed by atoms with Gasteiger partial charge in [-0.15, -0.1) is 0 Å². The molecule has 0 radical (unpaired) electrons. The number of benzene rings is 1. The van der Waals surface area contributed by atoms with Gasteiger partial charge in [0, 0.05) is 19.0 Å². The van der Waals surface area contributed by atoms with E-state index < -0.39 is 0 Å². The average Bonchev–Trinajstić information content (AvgIpc) is 2.49. The van der Waals surface area contributed by atoms with Crippen LogP contribution in [0.5, 0.6) is 0 Å². The first-order valence-electron chi connectivity index (χ1n) is 6.74. The number of methoxy groups -OCH3 is 1. The summed E-state index contributed by atoms with van der Waals surface area (Å²) in [5.41, 5.74) is 1.45. The van der Waals surface area contributed by atoms with Gasteiger partial charge in [0.2, 0.25) is 5.91 Å². The van der Waals surface area contributed by atoms with Gasteiger partial charge in [0.15, 0.2) is 0 Å². The second-order valence-electron chi connectivity index (χ2n) is 4.62. The quantitative estimate of drug-likeness (QED) is 0.739. The Kier molecular flexibility index (Phi) is 6.73. The zero-order valence-electron chi connectivity index (χ0n) is 12.2. The van der Waals surface area contributed by atoms with E-state index in [0.29, 0.717) is 18.7 Å². The maximum atomic E-state index is 11.8. The second kappa shape index (κ2) is 8.32. The summed E-state index contributed by atoms with van der Waals surface area (Å²) in [5, 5.41) is 6.02. The Hall–Kier alpha value is -1.88. The van der Waals surface area contributed by atoms with Crippen LogP contribution >= 0.6 is 0 Å². The van der Waals surface area contributed by atoms with Gasteiger partial charge in [-0.3, -0.25) is 4.79 Å². The summed E-state index contributed by atoms with van der Waals surface area (Å²) in [7, 11) is 1.35. The highest BCUT2D eigenvalue weighted by Gasteiger charge is 2.11. The Labute approximate surface area is 119 Å². The third-order valence-electron chi connectivity index (χ3n) is 2.99. The van der Waals surface area contributed by atoms with Crippen molar-refractivity contribution in [3.05, 3.63) is 35.4 Å². The third kappa shape index (κ3) is 5.01. The molecule has 0 saturated heterocycles. The van der Waals surface area contributed by atoms with Crippen LogP contribution in [0.4, 0.5) is 0 Å². The van der Waals surface area contributed by atoms with Crippen LogP contribution in [-0.4, -0.2) is 32.1 Å². The average molecular weight is 278 g/mol. The van der Waals surface area contributed by atoms with Crippen LogP contribution in [0.15, 0.2) is 24.3 Å². The van der Waals surface area contributed by atoms with E-state index in [0.717, 1.165) is 12.1 Å². The summed E-state index contributed by atoms with van der Waals surface area (Å²) in [6, 6.07) is 6.99. The fourth-order valence-electron chi connectivity index (χ4n) is 1.69. The second-order valence-corrected chi connectivity index (χ2v) is 4.62. The molecule has 0 aliphatic rings. The van der Waals surface area contributed by atoms with E-state index in [1.54, 1.807) is 12.1 Å². The predicted molar refractivity (Wildman–Crippen MR) is 77.3 cm³/mol. The lowest BCUT2D eigenvalue weighted by molar-refractivity contribution is -0.124. The van der Waals surface area contributed by atoms with E-state index in [1.165, 1.54) is 7.11 Å². The molecule has 0 bridgehead atoms. The number of rotatable bonds is 7. The fourth-order valence-corrected chi connectivity index (χ4v) is 1.69. The lowest BCUT2D eigenvalue weighted by atomic mass is 10.1. The number of carbonyl (C=O) groups is 2. The number of amides is 1. The van der Waals surface area contributed by atoms with Gasteiger partial charge < -0.3 is 15.4 Å². The molecule has 2 N–H and O–H groups in total. The Morgan fingerprint density at radius 3 is 2.45 bits per heavy atom. The normalized spacial score (nSPS) is 11.8. The van der Waals surface area contributed by atoms with Gasteiger partial charge in [-0.05, 0) is 24.2 Å². The van der Waals surface area contributed by atoms with Gasteiger partial charge in [-0.2, -0.15) is 0 Å². The van der Waals surface area contributed by atoms with Gasteiger partial charge in [-0.1, -0.05) is 26.0 Å². The standard InChI is InChI=1S/C15H22N2O3/c1-4-16-9-11(2)14(18)17-10-12-5-7-13(8-6-12)15(19)20-3/h5-8,11,16H,4,9-10H2,1-3H3,(H,17,18). The Morgan fingerprint density at radius 2 is 1.90 bits per heavy atom. The van der Waals surface area contributed by atoms with Crippen molar-refractivity contribution in [3.8, 4) is 0 Å². The molecule has 1 aromatic rings. The highest BCUT2D eigenvalue weighted by molar-refractivity contribution is 5.89. The van der Waals surface area contributed by atoms with Crippen LogP contribution in [0.25, 0.3) is 0 Å². The van der Waals surface area contributed by atoms with Crippen molar-refractivity contribution in [1.82, 2.24) is 10.6 Å². The number of nitrogens with one attached hydrogen (secondary N) is 2. The Morgan fingerprint density at radius 1 is 1.25 bits per heavy atom. The molecular weight excluding hydrogens is 256 g/mol. The SMILES string of the molecule is CCNCC(C)C(=O)NCc1ccc(C(=O)OC)cc1. The van der Waals surface area contributed by atoms with E-state index in [2.05, 4.69) is 15.4 Å². The molecule has 0 saturated carbocycles. The predicted octanol–water partition coefficient (Wildman–Crippen LogP) is 1.33. The topological polar surface area (TPSA) is 67.4 Å². The van der Waals surface area contributed by atoms with Crippen LogP contribution in [-0.2, 0) is 16.1 Å². The summed E-state index contributed by atoms with van der Waals surface area (Å²) in [4.78, 5) is 23.1. The van der Waals surface area contributed by atoms with Crippen molar-refractivity contribution in [2.24, 2.45) is 5.92 Å². The molecule has 1 aromatic carbocycles. The van der Waals surface area contributed by atoms with E-state index >= 15 is 0 Å². The fraction of sp³-hybridized carbons (Fsp3) is 0.467. The first-order valence-corrected chi connectivity index (χ1v) is 6.74. The maximum absolute atomic E-state index is 11.8. The highest BCUT2D eigenvalue weighted by Crippen LogP contribution is 2.06. The molecule has 0 aromatic heterocycles. The van der Waals surface area contributed by atoms with Crippen molar-refractivity contribution < 1.29 is 14.3 Å². The van der Waals surface area contributed by atoms with Crippen molar-refractivity contribution in [2.75, 3.05) is 20.2 Å². The molecule has 110 valence electrons. The van der Waals surface area contributed by atoms with Gasteiger partial charge in [0.1, 0.15) is 0 Å².